The first kappa shape index (κ1) is 13.0. The zero-order valence-corrected chi connectivity index (χ0v) is 10.5. The Labute approximate surface area is 106 Å². The van der Waals surface area contributed by atoms with Crippen LogP contribution in [0.25, 0.3) is 0 Å². The number of carbonyl (C=O) groups excluding carboxylic acids is 1. The number of halogens is 2. The molecular formula is C10H9BrClNO3. The molecule has 0 radical (unpaired) electrons. The molecule has 4 nitrogen and oxygen atoms in total. The van der Waals surface area contributed by atoms with Gasteiger partial charge in [0.25, 0.3) is 0 Å². The van der Waals surface area contributed by atoms with E-state index in [1.54, 1.807) is 18.2 Å². The molecule has 0 aliphatic heterocycles. The van der Waals surface area contributed by atoms with Gasteiger partial charge in [-0.3, -0.25) is 9.59 Å². The fourth-order valence-corrected chi connectivity index (χ4v) is 1.77. The van der Waals surface area contributed by atoms with Crippen molar-refractivity contribution in [1.82, 2.24) is 5.32 Å². The molecule has 1 unspecified atom stereocenters. The zero-order valence-electron chi connectivity index (χ0n) is 8.11. The number of hydrogen-bond acceptors (Lipinski definition) is 2. The molecule has 6 heteroatoms. The van der Waals surface area contributed by atoms with Gasteiger partial charge in [0.15, 0.2) is 0 Å². The lowest BCUT2D eigenvalue weighted by Gasteiger charge is -2.14. The molecule has 1 aromatic rings. The van der Waals surface area contributed by atoms with Crippen molar-refractivity contribution in [3.05, 3.63) is 33.3 Å². The number of carbonyl (C=O) groups is 2. The van der Waals surface area contributed by atoms with E-state index in [-0.39, 0.29) is 6.42 Å². The van der Waals surface area contributed by atoms with Crippen molar-refractivity contribution < 1.29 is 14.7 Å². The summed E-state index contributed by atoms with van der Waals surface area (Å²) in [5.74, 6) is -0.981. The smallest absolute Gasteiger partial charge is 0.305 e. The Kier molecular flexibility index (Phi) is 4.76. The summed E-state index contributed by atoms with van der Waals surface area (Å²) in [6.45, 7) is 0. The number of aliphatic carboxylic acids is 1. The van der Waals surface area contributed by atoms with Crippen LogP contribution in [-0.4, -0.2) is 17.5 Å². The quantitative estimate of drug-likeness (QED) is 0.821. The van der Waals surface area contributed by atoms with E-state index in [1.807, 2.05) is 0 Å². The van der Waals surface area contributed by atoms with Crippen molar-refractivity contribution in [3.8, 4) is 0 Å². The Hall–Kier alpha value is -1.07. The molecule has 0 aliphatic rings. The van der Waals surface area contributed by atoms with Crippen molar-refractivity contribution in [3.63, 3.8) is 0 Å². The summed E-state index contributed by atoms with van der Waals surface area (Å²) >= 11 is 9.05. The minimum Gasteiger partial charge on any atom is -0.481 e. The zero-order chi connectivity index (χ0) is 12.1. The standard InChI is InChI=1S/C10H9BrClNO3/c11-7-3-6(1-2-8(7)12)9(13-5-14)4-10(15)16/h1-3,5,9H,4H2,(H,13,14)(H,15,16). The number of carboxylic acids is 1. The first-order valence-corrected chi connectivity index (χ1v) is 5.58. The van der Waals surface area contributed by atoms with E-state index in [4.69, 9.17) is 16.7 Å². The summed E-state index contributed by atoms with van der Waals surface area (Å²) in [6.07, 6.45) is 0.308. The minimum absolute atomic E-state index is 0.174. The molecule has 16 heavy (non-hydrogen) atoms. The maximum absolute atomic E-state index is 10.6. The Balaban J connectivity index is 2.95. The predicted molar refractivity (Wildman–Crippen MR) is 63.3 cm³/mol. The molecule has 1 rings (SSSR count). The second kappa shape index (κ2) is 5.86. The van der Waals surface area contributed by atoms with Crippen molar-refractivity contribution in [2.24, 2.45) is 0 Å². The molecule has 2 N–H and O–H groups in total. The molecule has 1 amide bonds. The number of rotatable bonds is 5. The molecule has 0 saturated heterocycles. The summed E-state index contributed by atoms with van der Waals surface area (Å²) in [7, 11) is 0. The number of nitrogens with one attached hydrogen (secondary N) is 1. The van der Waals surface area contributed by atoms with Crippen LogP contribution < -0.4 is 5.32 Å². The third-order valence-corrected chi connectivity index (χ3v) is 3.21. The molecule has 0 heterocycles. The lowest BCUT2D eigenvalue weighted by molar-refractivity contribution is -0.137. The van der Waals surface area contributed by atoms with E-state index in [0.29, 0.717) is 21.5 Å². The fraction of sp³-hybridized carbons (Fsp3) is 0.200. The van der Waals surface area contributed by atoms with Crippen LogP contribution in [0.15, 0.2) is 22.7 Å². The van der Waals surface area contributed by atoms with E-state index in [9.17, 15) is 9.59 Å². The average molecular weight is 307 g/mol. The summed E-state index contributed by atoms with van der Waals surface area (Å²) < 4.78 is 0.662. The summed E-state index contributed by atoms with van der Waals surface area (Å²) in [4.78, 5) is 21.0. The van der Waals surface area contributed by atoms with Crippen LogP contribution in [0.3, 0.4) is 0 Å². The second-order valence-corrected chi connectivity index (χ2v) is 4.37. The largest absolute Gasteiger partial charge is 0.481 e. The normalized spacial score (nSPS) is 11.9. The van der Waals surface area contributed by atoms with Gasteiger partial charge < -0.3 is 10.4 Å². The van der Waals surface area contributed by atoms with E-state index >= 15 is 0 Å². The van der Waals surface area contributed by atoms with Gasteiger partial charge in [0.05, 0.1) is 17.5 Å². The number of carboxylic acid groups (broad SMARTS) is 1. The van der Waals surface area contributed by atoms with Crippen molar-refractivity contribution in [1.29, 1.82) is 0 Å². The number of benzene rings is 1. The van der Waals surface area contributed by atoms with Gasteiger partial charge in [0.1, 0.15) is 0 Å². The minimum atomic E-state index is -0.981. The van der Waals surface area contributed by atoms with Crippen LogP contribution >= 0.6 is 27.5 Å². The highest BCUT2D eigenvalue weighted by Crippen LogP contribution is 2.27. The fourth-order valence-electron chi connectivity index (χ4n) is 1.26. The molecule has 86 valence electrons. The Morgan fingerprint density at radius 1 is 1.62 bits per heavy atom. The van der Waals surface area contributed by atoms with Gasteiger partial charge in [-0.05, 0) is 33.6 Å². The molecule has 0 fully saturated rings. The summed E-state index contributed by atoms with van der Waals surface area (Å²) in [5, 5.41) is 11.7. The second-order valence-electron chi connectivity index (χ2n) is 3.11. The molecule has 0 saturated carbocycles. The van der Waals surface area contributed by atoms with Crippen molar-refractivity contribution in [2.45, 2.75) is 12.5 Å². The molecule has 1 aromatic carbocycles. The Bertz CT molecular complexity index is 411. The SMILES string of the molecule is O=CNC(CC(=O)O)c1ccc(Cl)c(Br)c1. The molecule has 0 bridgehead atoms. The highest BCUT2D eigenvalue weighted by atomic mass is 79.9. The molecule has 0 spiro atoms. The Morgan fingerprint density at radius 2 is 2.31 bits per heavy atom. The van der Waals surface area contributed by atoms with Gasteiger partial charge in [-0.1, -0.05) is 17.7 Å². The first-order chi connectivity index (χ1) is 7.54. The van der Waals surface area contributed by atoms with Gasteiger partial charge in [-0.15, -0.1) is 0 Å². The van der Waals surface area contributed by atoms with Crippen LogP contribution in [0.5, 0.6) is 0 Å². The third kappa shape index (κ3) is 3.50. The molecular weight excluding hydrogens is 297 g/mol. The highest BCUT2D eigenvalue weighted by molar-refractivity contribution is 9.10. The Morgan fingerprint density at radius 3 is 2.81 bits per heavy atom. The summed E-state index contributed by atoms with van der Waals surface area (Å²) in [5.41, 5.74) is 0.686. The average Bonchev–Trinajstić information content (AvgIpc) is 2.21. The molecule has 1 atom stereocenters. The lowest BCUT2D eigenvalue weighted by Crippen LogP contribution is -2.22. The first-order valence-electron chi connectivity index (χ1n) is 4.41. The highest BCUT2D eigenvalue weighted by Gasteiger charge is 2.15. The molecule has 0 aliphatic carbocycles. The van der Waals surface area contributed by atoms with Gasteiger partial charge in [0.2, 0.25) is 6.41 Å². The van der Waals surface area contributed by atoms with Gasteiger partial charge in [-0.25, -0.2) is 0 Å². The maximum Gasteiger partial charge on any atom is 0.305 e. The maximum atomic E-state index is 10.6. The monoisotopic (exact) mass is 305 g/mol. The van der Waals surface area contributed by atoms with E-state index < -0.39 is 12.0 Å². The third-order valence-electron chi connectivity index (χ3n) is 1.99. The van der Waals surface area contributed by atoms with E-state index in [1.165, 1.54) is 0 Å². The summed E-state index contributed by atoms with van der Waals surface area (Å²) in [6, 6.07) is 4.45. The topological polar surface area (TPSA) is 66.4 Å². The van der Waals surface area contributed by atoms with Gasteiger partial charge in [0, 0.05) is 4.47 Å². The number of hydrogen-bond donors (Lipinski definition) is 2. The van der Waals surface area contributed by atoms with E-state index in [0.717, 1.165) is 0 Å². The van der Waals surface area contributed by atoms with Crippen LogP contribution in [0.4, 0.5) is 0 Å². The van der Waals surface area contributed by atoms with Crippen LogP contribution in [0.1, 0.15) is 18.0 Å². The van der Waals surface area contributed by atoms with Crippen LogP contribution in [0.2, 0.25) is 5.02 Å². The molecule has 0 aromatic heterocycles. The van der Waals surface area contributed by atoms with Crippen LogP contribution in [-0.2, 0) is 9.59 Å². The van der Waals surface area contributed by atoms with Gasteiger partial charge in [-0.2, -0.15) is 0 Å². The number of amides is 1. The van der Waals surface area contributed by atoms with Crippen molar-refractivity contribution >= 4 is 39.9 Å². The van der Waals surface area contributed by atoms with Crippen molar-refractivity contribution in [2.75, 3.05) is 0 Å². The predicted octanol–water partition coefficient (Wildman–Crippen LogP) is 2.36. The van der Waals surface area contributed by atoms with Gasteiger partial charge >= 0.3 is 5.97 Å². The van der Waals surface area contributed by atoms with Crippen LogP contribution in [0, 0.1) is 0 Å². The van der Waals surface area contributed by atoms with E-state index in [2.05, 4.69) is 21.2 Å². The lowest BCUT2D eigenvalue weighted by atomic mass is 10.0.